The number of hydrogen-bond donors (Lipinski definition) is 1. The zero-order valence-corrected chi connectivity index (χ0v) is 20.0. The van der Waals surface area contributed by atoms with Crippen molar-refractivity contribution in [2.24, 2.45) is 0 Å². The Morgan fingerprint density at radius 3 is 2.39 bits per heavy atom. The van der Waals surface area contributed by atoms with Gasteiger partial charge in [-0.3, -0.25) is 9.69 Å². The Bertz CT molecular complexity index is 975. The molecule has 0 fully saturated rings. The number of fused-ring (bicyclic) bond motifs is 1. The summed E-state index contributed by atoms with van der Waals surface area (Å²) >= 11 is 0. The highest BCUT2D eigenvalue weighted by Gasteiger charge is 2.34. The van der Waals surface area contributed by atoms with E-state index in [1.54, 1.807) is 32.0 Å². The van der Waals surface area contributed by atoms with E-state index in [1.165, 1.54) is 4.90 Å². The number of rotatable bonds is 6. The van der Waals surface area contributed by atoms with E-state index in [2.05, 4.69) is 0 Å². The van der Waals surface area contributed by atoms with Crippen LogP contribution in [0.5, 0.6) is 5.75 Å². The maximum atomic E-state index is 13.1. The number of anilines is 1. The Balaban J connectivity index is 1.82. The smallest absolute Gasteiger partial charge is 0.414 e. The number of ether oxygens (including phenoxy) is 3. The van der Waals surface area contributed by atoms with Gasteiger partial charge < -0.3 is 19.3 Å². The van der Waals surface area contributed by atoms with Crippen molar-refractivity contribution in [3.63, 3.8) is 0 Å². The molecule has 1 atom stereocenters. The lowest BCUT2D eigenvalue weighted by atomic mass is 9.99. The first-order valence-corrected chi connectivity index (χ1v) is 11.1. The van der Waals surface area contributed by atoms with Gasteiger partial charge >= 0.3 is 12.1 Å². The van der Waals surface area contributed by atoms with Crippen molar-refractivity contribution in [2.75, 3.05) is 11.4 Å². The molecule has 0 spiro atoms. The lowest BCUT2D eigenvalue weighted by molar-refractivity contribution is -0.153. The third kappa shape index (κ3) is 7.49. The van der Waals surface area contributed by atoms with E-state index in [4.69, 9.17) is 14.2 Å². The third-order valence-corrected chi connectivity index (χ3v) is 4.92. The van der Waals surface area contributed by atoms with Gasteiger partial charge in [-0.1, -0.05) is 36.4 Å². The van der Waals surface area contributed by atoms with Crippen molar-refractivity contribution in [1.82, 2.24) is 0 Å². The van der Waals surface area contributed by atoms with E-state index >= 15 is 0 Å². The molecule has 1 aliphatic rings. The maximum absolute atomic E-state index is 13.1. The van der Waals surface area contributed by atoms with Crippen LogP contribution in [0.2, 0.25) is 0 Å². The highest BCUT2D eigenvalue weighted by atomic mass is 16.6. The summed E-state index contributed by atoms with van der Waals surface area (Å²) < 4.78 is 17.0. The van der Waals surface area contributed by atoms with Crippen molar-refractivity contribution < 1.29 is 28.9 Å². The quantitative estimate of drug-likeness (QED) is 0.639. The van der Waals surface area contributed by atoms with Crippen LogP contribution in [0.15, 0.2) is 48.5 Å². The van der Waals surface area contributed by atoms with Crippen molar-refractivity contribution in [3.8, 4) is 5.75 Å². The topological polar surface area (TPSA) is 85.3 Å². The van der Waals surface area contributed by atoms with Crippen LogP contribution in [0.1, 0.15) is 52.2 Å². The molecule has 3 rings (SSSR count). The fraction of sp³-hybridized carbons (Fsp3) is 0.462. The predicted octanol–water partition coefficient (Wildman–Crippen LogP) is 4.64. The zero-order chi connectivity index (χ0) is 24.2. The molecule has 0 saturated heterocycles. The first-order chi connectivity index (χ1) is 15.4. The molecular weight excluding hydrogens is 422 g/mol. The normalized spacial score (nSPS) is 15.9. The summed E-state index contributed by atoms with van der Waals surface area (Å²) in [6.07, 6.45) is -0.504. The van der Waals surface area contributed by atoms with Gasteiger partial charge in [-0.05, 0) is 57.9 Å². The lowest BCUT2D eigenvalue weighted by Crippen LogP contribution is -2.46. The molecule has 0 bridgehead atoms. The number of esters is 1. The highest BCUT2D eigenvalue weighted by Crippen LogP contribution is 2.37. The molecule has 0 aromatic heterocycles. The summed E-state index contributed by atoms with van der Waals surface area (Å²) in [5.74, 6) is 0.150. The number of amides is 1. The van der Waals surface area contributed by atoms with Gasteiger partial charge in [-0.25, -0.2) is 4.79 Å². The molecule has 7 heteroatoms. The van der Waals surface area contributed by atoms with E-state index in [1.807, 2.05) is 51.1 Å². The molecule has 0 aliphatic carbocycles. The average molecular weight is 456 g/mol. The minimum absolute atomic E-state index is 0.0740. The molecule has 7 nitrogen and oxygen atoms in total. The maximum Gasteiger partial charge on any atom is 0.414 e. The molecule has 1 amide bonds. The number of carbonyl (C=O) groups excluding carboxylic acids is 2. The Hall–Kier alpha value is -3.06. The van der Waals surface area contributed by atoms with Crippen LogP contribution in [0.4, 0.5) is 10.5 Å². The number of nitrogens with zero attached hydrogens (tertiary/aromatic N) is 1. The molecule has 1 N–H and O–H groups in total. The molecule has 0 unspecified atom stereocenters. The number of hydrogen-bond acceptors (Lipinski definition) is 6. The first kappa shape index (κ1) is 24.6. The van der Waals surface area contributed by atoms with E-state index in [-0.39, 0.29) is 25.5 Å². The molecule has 1 aliphatic heterocycles. The average Bonchev–Trinajstić information content (AvgIpc) is 2.70. The Kier molecular flexibility index (Phi) is 7.32. The molecule has 2 aromatic carbocycles. The molecule has 1 heterocycles. The van der Waals surface area contributed by atoms with Gasteiger partial charge in [0.05, 0.1) is 24.3 Å². The van der Waals surface area contributed by atoms with Gasteiger partial charge in [0.25, 0.3) is 0 Å². The van der Waals surface area contributed by atoms with Gasteiger partial charge in [0.15, 0.2) is 0 Å². The molecule has 33 heavy (non-hydrogen) atoms. The summed E-state index contributed by atoms with van der Waals surface area (Å²) in [6, 6.07) is 14.7. The van der Waals surface area contributed by atoms with Crippen molar-refractivity contribution in [1.29, 1.82) is 0 Å². The molecule has 0 radical (unpaired) electrons. The fourth-order valence-electron chi connectivity index (χ4n) is 3.68. The van der Waals surface area contributed by atoms with Crippen LogP contribution in [-0.4, -0.2) is 41.0 Å². The van der Waals surface area contributed by atoms with Crippen molar-refractivity contribution >= 4 is 17.7 Å². The van der Waals surface area contributed by atoms with E-state index in [9.17, 15) is 14.7 Å². The summed E-state index contributed by atoms with van der Waals surface area (Å²) in [6.45, 7) is 9.22. The minimum Gasteiger partial charge on any atom is -0.486 e. The first-order valence-electron chi connectivity index (χ1n) is 11.1. The van der Waals surface area contributed by atoms with Gasteiger partial charge in [0.1, 0.15) is 24.1 Å². The Labute approximate surface area is 195 Å². The summed E-state index contributed by atoms with van der Waals surface area (Å²) in [4.78, 5) is 26.9. The predicted molar refractivity (Wildman–Crippen MR) is 125 cm³/mol. The SMILES string of the molecule is CC(C)(O)C[C@H]1CN(C(=O)OCc2ccccc2)c2cc(CC(=O)OC(C)(C)C)ccc2O1. The van der Waals surface area contributed by atoms with Gasteiger partial charge in [-0.15, -0.1) is 0 Å². The van der Waals surface area contributed by atoms with Gasteiger partial charge in [-0.2, -0.15) is 0 Å². The summed E-state index contributed by atoms with van der Waals surface area (Å²) in [5, 5.41) is 10.3. The lowest BCUT2D eigenvalue weighted by Gasteiger charge is -2.36. The van der Waals surface area contributed by atoms with E-state index in [0.29, 0.717) is 23.4 Å². The monoisotopic (exact) mass is 455 g/mol. The standard InChI is InChI=1S/C26H33NO6/c1-25(2,3)33-23(28)14-19-11-12-22-21(13-19)27(16-20(32-22)15-26(4,5)30)24(29)31-17-18-9-7-6-8-10-18/h6-13,20,30H,14-17H2,1-5H3/t20-/m0/s1. The fourth-order valence-corrected chi connectivity index (χ4v) is 3.68. The minimum atomic E-state index is -0.960. The summed E-state index contributed by atoms with van der Waals surface area (Å²) in [7, 11) is 0. The number of carbonyl (C=O) groups is 2. The zero-order valence-electron chi connectivity index (χ0n) is 20.0. The third-order valence-electron chi connectivity index (χ3n) is 4.92. The van der Waals surface area contributed by atoms with Gasteiger partial charge in [0, 0.05) is 6.42 Å². The highest BCUT2D eigenvalue weighted by molar-refractivity contribution is 5.90. The second-order valence-corrected chi connectivity index (χ2v) is 9.97. The van der Waals surface area contributed by atoms with Gasteiger partial charge in [0.2, 0.25) is 0 Å². The van der Waals surface area contributed by atoms with E-state index in [0.717, 1.165) is 5.56 Å². The number of benzene rings is 2. The largest absolute Gasteiger partial charge is 0.486 e. The van der Waals surface area contributed by atoms with E-state index < -0.39 is 23.4 Å². The Morgan fingerprint density at radius 1 is 1.06 bits per heavy atom. The molecule has 178 valence electrons. The Morgan fingerprint density at radius 2 is 1.76 bits per heavy atom. The van der Waals surface area contributed by atoms with Crippen LogP contribution in [-0.2, 0) is 27.3 Å². The van der Waals surface area contributed by atoms with Crippen molar-refractivity contribution in [3.05, 3.63) is 59.7 Å². The molecule has 2 aromatic rings. The molecule has 0 saturated carbocycles. The number of aliphatic hydroxyl groups is 1. The second-order valence-electron chi connectivity index (χ2n) is 9.97. The van der Waals surface area contributed by atoms with Crippen molar-refractivity contribution in [2.45, 2.75) is 71.4 Å². The second kappa shape index (κ2) is 9.83. The van der Waals surface area contributed by atoms with Crippen LogP contribution < -0.4 is 9.64 Å². The van der Waals surface area contributed by atoms with Crippen LogP contribution in [0.3, 0.4) is 0 Å². The summed E-state index contributed by atoms with van der Waals surface area (Å²) in [5.41, 5.74) is 0.574. The van der Waals surface area contributed by atoms with Crippen LogP contribution in [0.25, 0.3) is 0 Å². The van der Waals surface area contributed by atoms with Crippen LogP contribution in [0, 0.1) is 0 Å². The molecular formula is C26H33NO6. The van der Waals surface area contributed by atoms with Crippen LogP contribution >= 0.6 is 0 Å².